The molecule has 0 bridgehead atoms. The molecule has 2 nitrogen and oxygen atoms in total. The molecule has 2 aromatic rings. The lowest BCUT2D eigenvalue weighted by Gasteiger charge is -1.97. The first kappa shape index (κ1) is 11.1. The van der Waals surface area contributed by atoms with Gasteiger partial charge in [0.05, 0.1) is 11.0 Å². The molecule has 1 aromatic heterocycles. The Morgan fingerprint density at radius 2 is 1.64 bits per heavy atom. The zero-order valence-electron chi connectivity index (χ0n) is 8.78. The van der Waals surface area contributed by atoms with Crippen molar-refractivity contribution < 1.29 is 0 Å². The fourth-order valence-electron chi connectivity index (χ4n) is 1.12. The molecule has 74 valence electrons. The van der Waals surface area contributed by atoms with Crippen molar-refractivity contribution in [2.45, 2.75) is 13.8 Å². The van der Waals surface area contributed by atoms with E-state index in [1.165, 1.54) is 5.30 Å². The lowest BCUT2D eigenvalue weighted by Crippen LogP contribution is -1.93. The van der Waals surface area contributed by atoms with Crippen LogP contribution in [0.3, 0.4) is 0 Å². The zero-order valence-corrected chi connectivity index (χ0v) is 9.78. The smallest absolute Gasteiger partial charge is 0.0893 e. The van der Waals surface area contributed by atoms with Crippen molar-refractivity contribution in [3.8, 4) is 0 Å². The first-order valence-corrected chi connectivity index (χ1v) is 6.28. The van der Waals surface area contributed by atoms with Gasteiger partial charge in [-0.1, -0.05) is 28.5 Å². The van der Waals surface area contributed by atoms with E-state index in [2.05, 4.69) is 28.8 Å². The number of nitrogens with zero attached hydrogens (tertiary/aromatic N) is 2. The molecule has 0 saturated heterocycles. The molecule has 0 N–H and O–H groups in total. The third-order valence-corrected chi connectivity index (χ3v) is 2.65. The second-order valence-electron chi connectivity index (χ2n) is 2.51. The Balaban J connectivity index is 0.000000461. The predicted molar refractivity (Wildman–Crippen MR) is 64.8 cm³/mol. The van der Waals surface area contributed by atoms with Crippen LogP contribution in [0, 0.1) is 0 Å². The molecule has 0 spiro atoms. The molecule has 0 amide bonds. The zero-order chi connectivity index (χ0) is 10.4. The van der Waals surface area contributed by atoms with Crippen LogP contribution in [0.2, 0.25) is 0 Å². The molecular formula is C11H15N2P. The van der Waals surface area contributed by atoms with Gasteiger partial charge in [0.15, 0.2) is 0 Å². The number of hydrogen-bond acceptors (Lipinski definition) is 2. The fourth-order valence-corrected chi connectivity index (χ4v) is 1.65. The van der Waals surface area contributed by atoms with E-state index in [-0.39, 0.29) is 0 Å². The third-order valence-electron chi connectivity index (χ3n) is 1.76. The van der Waals surface area contributed by atoms with Crippen LogP contribution in [0.5, 0.6) is 0 Å². The first-order chi connectivity index (χ1) is 6.90. The van der Waals surface area contributed by atoms with Gasteiger partial charge in [-0.2, -0.15) is 0 Å². The number of aromatic nitrogens is 2. The van der Waals surface area contributed by atoms with E-state index < -0.39 is 0 Å². The molecule has 1 heterocycles. The van der Waals surface area contributed by atoms with Crippen molar-refractivity contribution in [3.05, 3.63) is 30.6 Å². The van der Waals surface area contributed by atoms with Gasteiger partial charge in [0.1, 0.15) is 0 Å². The lowest BCUT2D eigenvalue weighted by atomic mass is 10.3. The van der Waals surface area contributed by atoms with E-state index >= 15 is 0 Å². The Hall–Kier alpha value is -1.01. The van der Waals surface area contributed by atoms with E-state index in [1.807, 2.05) is 19.9 Å². The van der Waals surface area contributed by atoms with Gasteiger partial charge < -0.3 is 0 Å². The second-order valence-corrected chi connectivity index (χ2v) is 3.59. The summed E-state index contributed by atoms with van der Waals surface area (Å²) >= 11 is 0. The van der Waals surface area contributed by atoms with Gasteiger partial charge in [0.25, 0.3) is 0 Å². The van der Waals surface area contributed by atoms with Gasteiger partial charge >= 0.3 is 0 Å². The van der Waals surface area contributed by atoms with Gasteiger partial charge in [0, 0.05) is 12.4 Å². The minimum absolute atomic E-state index is 0.826. The van der Waals surface area contributed by atoms with E-state index in [9.17, 15) is 0 Å². The quantitative estimate of drug-likeness (QED) is 0.670. The Labute approximate surface area is 86.6 Å². The molecule has 1 atom stereocenters. The molecule has 14 heavy (non-hydrogen) atoms. The Morgan fingerprint density at radius 3 is 2.29 bits per heavy atom. The van der Waals surface area contributed by atoms with Crippen LogP contribution in [0.15, 0.2) is 30.6 Å². The van der Waals surface area contributed by atoms with Crippen molar-refractivity contribution >= 4 is 24.9 Å². The van der Waals surface area contributed by atoms with E-state index in [1.54, 1.807) is 12.4 Å². The van der Waals surface area contributed by atoms with Gasteiger partial charge in [-0.05, 0) is 24.1 Å². The molecule has 0 aliphatic carbocycles. The molecule has 2 rings (SSSR count). The summed E-state index contributed by atoms with van der Waals surface area (Å²) in [6, 6.07) is 6.23. The Bertz CT molecular complexity index is 401. The predicted octanol–water partition coefficient (Wildman–Crippen LogP) is 2.59. The average molecular weight is 206 g/mol. The van der Waals surface area contributed by atoms with Crippen LogP contribution in [0.4, 0.5) is 0 Å². The Kier molecular flexibility index (Phi) is 4.48. The highest BCUT2D eigenvalue weighted by molar-refractivity contribution is 7.46. The summed E-state index contributed by atoms with van der Waals surface area (Å²) < 4.78 is 0. The van der Waals surface area contributed by atoms with Gasteiger partial charge in [-0.15, -0.1) is 0 Å². The first-order valence-electron chi connectivity index (χ1n) is 4.78. The maximum Gasteiger partial charge on any atom is 0.0893 e. The number of fused-ring (bicyclic) bond motifs is 1. The standard InChI is InChI=1S/C9H9N2P.C2H6/c1-12-7-2-3-8-9(6-7)11-5-4-10-8;1-2/h2-6,12H,1H3;1-2H3. The lowest BCUT2D eigenvalue weighted by molar-refractivity contribution is 1.30. The van der Waals surface area contributed by atoms with Crippen molar-refractivity contribution in [3.63, 3.8) is 0 Å². The van der Waals surface area contributed by atoms with Gasteiger partial charge in [-0.25, -0.2) is 0 Å². The van der Waals surface area contributed by atoms with Crippen molar-refractivity contribution in [1.82, 2.24) is 9.97 Å². The van der Waals surface area contributed by atoms with Crippen LogP contribution in [-0.4, -0.2) is 16.6 Å². The summed E-state index contributed by atoms with van der Waals surface area (Å²) in [5.41, 5.74) is 1.96. The highest BCUT2D eigenvalue weighted by atomic mass is 31.1. The maximum absolute atomic E-state index is 4.23. The van der Waals surface area contributed by atoms with Crippen molar-refractivity contribution in [1.29, 1.82) is 0 Å². The maximum atomic E-state index is 4.23. The number of hydrogen-bond donors (Lipinski definition) is 0. The minimum atomic E-state index is 0.826. The van der Waals surface area contributed by atoms with Crippen LogP contribution in [0.1, 0.15) is 13.8 Å². The second kappa shape index (κ2) is 5.66. The van der Waals surface area contributed by atoms with E-state index in [4.69, 9.17) is 0 Å². The van der Waals surface area contributed by atoms with Crippen LogP contribution < -0.4 is 5.30 Å². The monoisotopic (exact) mass is 206 g/mol. The molecule has 1 unspecified atom stereocenters. The summed E-state index contributed by atoms with van der Waals surface area (Å²) in [6.45, 7) is 6.16. The fraction of sp³-hybridized carbons (Fsp3) is 0.273. The summed E-state index contributed by atoms with van der Waals surface area (Å²) in [5.74, 6) is 0. The summed E-state index contributed by atoms with van der Waals surface area (Å²) in [7, 11) is 0.826. The molecule has 0 radical (unpaired) electrons. The van der Waals surface area contributed by atoms with Crippen molar-refractivity contribution in [2.75, 3.05) is 6.66 Å². The largest absolute Gasteiger partial charge is 0.253 e. The molecule has 0 aliphatic heterocycles. The highest BCUT2D eigenvalue weighted by Crippen LogP contribution is 2.10. The van der Waals surface area contributed by atoms with E-state index in [0.717, 1.165) is 19.6 Å². The normalized spacial score (nSPS) is 10.2. The highest BCUT2D eigenvalue weighted by Gasteiger charge is 1.94. The van der Waals surface area contributed by atoms with Gasteiger partial charge in [0.2, 0.25) is 0 Å². The molecule has 1 aromatic carbocycles. The van der Waals surface area contributed by atoms with Gasteiger partial charge in [-0.3, -0.25) is 9.97 Å². The number of rotatable bonds is 1. The van der Waals surface area contributed by atoms with Crippen LogP contribution >= 0.6 is 8.58 Å². The summed E-state index contributed by atoms with van der Waals surface area (Å²) in [4.78, 5) is 8.43. The van der Waals surface area contributed by atoms with E-state index in [0.29, 0.717) is 0 Å². The summed E-state index contributed by atoms with van der Waals surface area (Å²) in [5, 5.41) is 1.34. The molecular weight excluding hydrogens is 191 g/mol. The Morgan fingerprint density at radius 1 is 1.00 bits per heavy atom. The number of benzene rings is 1. The van der Waals surface area contributed by atoms with Crippen molar-refractivity contribution in [2.24, 2.45) is 0 Å². The minimum Gasteiger partial charge on any atom is -0.253 e. The third kappa shape index (κ3) is 2.49. The molecule has 0 fully saturated rings. The average Bonchev–Trinajstić information content (AvgIpc) is 2.31. The summed E-state index contributed by atoms with van der Waals surface area (Å²) in [6.07, 6.45) is 3.45. The molecule has 3 heteroatoms. The molecule has 0 saturated carbocycles. The van der Waals surface area contributed by atoms with Crippen LogP contribution in [0.25, 0.3) is 11.0 Å². The SMILES string of the molecule is CC.CPc1ccc2nccnc2c1. The van der Waals surface area contributed by atoms with Crippen LogP contribution in [-0.2, 0) is 0 Å². The topological polar surface area (TPSA) is 25.8 Å². The molecule has 0 aliphatic rings.